The van der Waals surface area contributed by atoms with Crippen LogP contribution in [0.2, 0.25) is 0 Å². The first-order chi connectivity index (χ1) is 16.8. The molecule has 2 aliphatic rings. The molecule has 10 heteroatoms. The number of nitrogens with one attached hydrogen (secondary N) is 2. The molecule has 5 rings (SSSR count). The first-order valence-corrected chi connectivity index (χ1v) is 10.8. The topological polar surface area (TPSA) is 144 Å². The van der Waals surface area contributed by atoms with Gasteiger partial charge in [-0.3, -0.25) is 24.7 Å². The van der Waals surface area contributed by atoms with Crippen molar-refractivity contribution < 1.29 is 23.9 Å². The summed E-state index contributed by atoms with van der Waals surface area (Å²) in [5, 5.41) is 5.01. The van der Waals surface area contributed by atoms with Gasteiger partial charge in [0.1, 0.15) is 5.75 Å². The number of benzene rings is 2. The number of primary amides is 1. The predicted molar refractivity (Wildman–Crippen MR) is 124 cm³/mol. The molecule has 4 N–H and O–H groups in total. The number of urea groups is 1. The number of ether oxygens (including phenoxy) is 1. The molecule has 1 saturated heterocycles. The van der Waals surface area contributed by atoms with Gasteiger partial charge in [-0.05, 0) is 34.9 Å². The minimum atomic E-state index is -1.47. The number of hydrogen-bond donors (Lipinski definition) is 3. The van der Waals surface area contributed by atoms with Crippen LogP contribution in [0.5, 0.6) is 5.75 Å². The van der Waals surface area contributed by atoms with Crippen LogP contribution in [-0.4, -0.2) is 47.3 Å². The fourth-order valence-electron chi connectivity index (χ4n) is 4.46. The quantitative estimate of drug-likeness (QED) is 0.466. The molecule has 3 heterocycles. The van der Waals surface area contributed by atoms with Crippen molar-refractivity contribution in [3.63, 3.8) is 0 Å². The van der Waals surface area contributed by atoms with Crippen molar-refractivity contribution in [2.45, 2.75) is 12.1 Å². The summed E-state index contributed by atoms with van der Waals surface area (Å²) >= 11 is 0. The zero-order valence-corrected chi connectivity index (χ0v) is 18.7. The van der Waals surface area contributed by atoms with E-state index in [0.717, 1.165) is 11.1 Å². The van der Waals surface area contributed by atoms with Gasteiger partial charge in [0.25, 0.3) is 11.8 Å². The van der Waals surface area contributed by atoms with Crippen molar-refractivity contribution in [2.24, 2.45) is 5.73 Å². The Bertz CT molecular complexity index is 1390. The molecular formula is C25H21N5O5. The Balaban J connectivity index is 1.47. The van der Waals surface area contributed by atoms with Crippen LogP contribution in [0.1, 0.15) is 31.8 Å². The van der Waals surface area contributed by atoms with E-state index in [-0.39, 0.29) is 18.0 Å². The number of carbonyl (C=O) groups excluding carboxylic acids is 4. The monoisotopic (exact) mass is 471 g/mol. The first-order valence-electron chi connectivity index (χ1n) is 10.8. The molecule has 5 amide bonds. The van der Waals surface area contributed by atoms with Crippen molar-refractivity contribution in [1.82, 2.24) is 20.5 Å². The average Bonchev–Trinajstić information content (AvgIpc) is 3.33. The third kappa shape index (κ3) is 3.74. The average molecular weight is 471 g/mol. The van der Waals surface area contributed by atoms with Crippen molar-refractivity contribution in [3.8, 4) is 16.9 Å². The summed E-state index contributed by atoms with van der Waals surface area (Å²) in [6.45, 7) is 0.241. The zero-order valence-electron chi connectivity index (χ0n) is 18.7. The lowest BCUT2D eigenvalue weighted by Crippen LogP contribution is -2.52. The number of aromatic nitrogens is 1. The van der Waals surface area contributed by atoms with E-state index >= 15 is 0 Å². The number of methoxy groups -OCH3 is 1. The predicted octanol–water partition coefficient (Wildman–Crippen LogP) is 1.55. The number of amides is 5. The summed E-state index contributed by atoms with van der Waals surface area (Å²) in [5.41, 5.74) is 7.38. The van der Waals surface area contributed by atoms with E-state index in [9.17, 15) is 19.2 Å². The Morgan fingerprint density at radius 3 is 2.51 bits per heavy atom. The van der Waals surface area contributed by atoms with Crippen molar-refractivity contribution >= 4 is 23.8 Å². The number of pyridine rings is 1. The highest BCUT2D eigenvalue weighted by molar-refractivity contribution is 6.08. The van der Waals surface area contributed by atoms with Gasteiger partial charge in [-0.25, -0.2) is 4.79 Å². The minimum Gasteiger partial charge on any atom is -0.497 e. The van der Waals surface area contributed by atoms with Gasteiger partial charge in [0.05, 0.1) is 19.2 Å². The van der Waals surface area contributed by atoms with Crippen molar-refractivity contribution in [2.75, 3.05) is 13.7 Å². The second-order valence-electron chi connectivity index (χ2n) is 8.40. The maximum Gasteiger partial charge on any atom is 0.322 e. The van der Waals surface area contributed by atoms with Crippen molar-refractivity contribution in [1.29, 1.82) is 0 Å². The molecule has 0 saturated carbocycles. The third-order valence-corrected chi connectivity index (χ3v) is 6.30. The van der Waals surface area contributed by atoms with Gasteiger partial charge in [0.15, 0.2) is 5.54 Å². The maximum atomic E-state index is 13.1. The molecule has 1 aromatic heterocycles. The van der Waals surface area contributed by atoms with Crippen LogP contribution >= 0.6 is 0 Å². The van der Waals surface area contributed by atoms with Gasteiger partial charge in [-0.2, -0.15) is 0 Å². The van der Waals surface area contributed by atoms with E-state index in [0.29, 0.717) is 29.0 Å². The van der Waals surface area contributed by atoms with Gasteiger partial charge < -0.3 is 20.7 Å². The van der Waals surface area contributed by atoms with Gasteiger partial charge in [0.2, 0.25) is 5.91 Å². The Kier molecular flexibility index (Phi) is 5.20. The smallest absolute Gasteiger partial charge is 0.322 e. The van der Waals surface area contributed by atoms with Crippen LogP contribution in [0, 0.1) is 0 Å². The number of nitrogens with zero attached hydrogens (tertiary/aromatic N) is 2. The summed E-state index contributed by atoms with van der Waals surface area (Å²) in [4.78, 5) is 55.4. The van der Waals surface area contributed by atoms with E-state index in [2.05, 4.69) is 15.6 Å². The minimum absolute atomic E-state index is 0.0571. The second-order valence-corrected chi connectivity index (χ2v) is 8.40. The van der Waals surface area contributed by atoms with Gasteiger partial charge in [-0.1, -0.05) is 30.3 Å². The molecule has 176 valence electrons. The largest absolute Gasteiger partial charge is 0.497 e. The molecule has 1 atom stereocenters. The third-order valence-electron chi connectivity index (χ3n) is 6.30. The van der Waals surface area contributed by atoms with E-state index < -0.39 is 23.4 Å². The normalized spacial score (nSPS) is 18.8. The number of hydrogen-bond acceptors (Lipinski definition) is 6. The Morgan fingerprint density at radius 1 is 1.09 bits per heavy atom. The van der Waals surface area contributed by atoms with Crippen LogP contribution in [0.4, 0.5) is 4.79 Å². The van der Waals surface area contributed by atoms with Crippen molar-refractivity contribution in [3.05, 3.63) is 83.2 Å². The van der Waals surface area contributed by atoms with Gasteiger partial charge >= 0.3 is 6.03 Å². The lowest BCUT2D eigenvalue weighted by Gasteiger charge is -2.31. The van der Waals surface area contributed by atoms with Crippen LogP contribution in [0.3, 0.4) is 0 Å². The number of nitrogens with two attached hydrogens (primary N) is 1. The lowest BCUT2D eigenvalue weighted by molar-refractivity contribution is -0.124. The van der Waals surface area contributed by atoms with Crippen LogP contribution in [0.25, 0.3) is 11.1 Å². The summed E-state index contributed by atoms with van der Waals surface area (Å²) in [5.74, 6) is -0.826. The summed E-state index contributed by atoms with van der Waals surface area (Å²) in [6.07, 6.45) is 2.98. The molecule has 2 aliphatic heterocycles. The molecule has 0 unspecified atom stereocenters. The molecule has 35 heavy (non-hydrogen) atoms. The summed E-state index contributed by atoms with van der Waals surface area (Å²) in [7, 11) is 1.52. The number of imide groups is 1. The van der Waals surface area contributed by atoms with E-state index in [1.165, 1.54) is 18.2 Å². The first kappa shape index (κ1) is 22.1. The highest BCUT2D eigenvalue weighted by Gasteiger charge is 2.50. The summed E-state index contributed by atoms with van der Waals surface area (Å²) < 4.78 is 5.22. The molecule has 2 aromatic carbocycles. The SMILES string of the molecule is COc1ccc2c(c1)C(=O)N(C[C@@]1(c3ccc(-c4cncc(C(N)=O)c4)cc3)NC(=O)NC1=O)C2. The van der Waals surface area contributed by atoms with E-state index in [1.54, 1.807) is 48.7 Å². The molecule has 1 fully saturated rings. The van der Waals surface area contributed by atoms with Crippen LogP contribution < -0.4 is 21.1 Å². The lowest BCUT2D eigenvalue weighted by atomic mass is 9.88. The van der Waals surface area contributed by atoms with Crippen LogP contribution in [-0.2, 0) is 16.9 Å². The molecule has 0 bridgehead atoms. The number of rotatable bonds is 6. The molecule has 0 aliphatic carbocycles. The molecular weight excluding hydrogens is 450 g/mol. The molecule has 3 aromatic rings. The van der Waals surface area contributed by atoms with Gasteiger partial charge in [0, 0.05) is 30.1 Å². The highest BCUT2D eigenvalue weighted by atomic mass is 16.5. The van der Waals surface area contributed by atoms with E-state index in [4.69, 9.17) is 10.5 Å². The molecule has 0 radical (unpaired) electrons. The maximum absolute atomic E-state index is 13.1. The Morgan fingerprint density at radius 2 is 1.86 bits per heavy atom. The summed E-state index contributed by atoms with van der Waals surface area (Å²) in [6, 6.07) is 13.2. The van der Waals surface area contributed by atoms with Crippen LogP contribution in [0.15, 0.2) is 60.9 Å². The fourth-order valence-corrected chi connectivity index (χ4v) is 4.46. The molecule has 0 spiro atoms. The standard InChI is InChI=1S/C25H21N5O5/c1-35-19-7-4-15-12-30(22(32)20(15)9-19)13-25(23(33)28-24(34)29-25)18-5-2-14(3-6-18)16-8-17(21(26)31)11-27-10-16/h2-11H,12-13H2,1H3,(H2,26,31)(H2,28,29,33,34)/t25-/m0/s1. The van der Waals surface area contributed by atoms with E-state index in [1.807, 2.05) is 6.07 Å². The zero-order chi connectivity index (χ0) is 24.7. The number of fused-ring (bicyclic) bond motifs is 1. The van der Waals surface area contributed by atoms with Gasteiger partial charge in [-0.15, -0.1) is 0 Å². The Hall–Kier alpha value is -4.73. The second kappa shape index (κ2) is 8.24. The molecule has 10 nitrogen and oxygen atoms in total. The Labute approximate surface area is 200 Å². The highest BCUT2D eigenvalue weighted by Crippen LogP contribution is 2.33. The number of carbonyl (C=O) groups is 4. The fraction of sp³-hybridized carbons (Fsp3) is 0.160.